The maximum absolute atomic E-state index is 14.7. The molecule has 0 spiro atoms. The number of amides is 5. The van der Waals surface area contributed by atoms with Gasteiger partial charge in [0.05, 0.1) is 36.4 Å². The Labute approximate surface area is 369 Å². The number of ether oxygens (including phenoxy) is 3. The molecular weight excluding hydrogens is 854 g/mol. The molecule has 2 aromatic carbocycles. The van der Waals surface area contributed by atoms with Gasteiger partial charge in [-0.05, 0) is 89.1 Å². The normalized spacial score (nSPS) is 17.8. The minimum Gasteiger partial charge on any atom is -0.481 e. The molecular formula is C44H48Cl3FN4O9. The first-order valence-electron chi connectivity index (χ1n) is 19.7. The molecule has 1 aromatic heterocycles. The molecule has 7 rings (SSSR count). The van der Waals surface area contributed by atoms with Crippen LogP contribution in [0.5, 0.6) is 5.75 Å². The van der Waals surface area contributed by atoms with Crippen molar-refractivity contribution in [3.8, 4) is 18.1 Å². The van der Waals surface area contributed by atoms with Crippen molar-refractivity contribution >= 4 is 81.4 Å². The highest BCUT2D eigenvalue weighted by atomic mass is 35.5. The third kappa shape index (κ3) is 10.4. The summed E-state index contributed by atoms with van der Waals surface area (Å²) in [5.74, 6) is 0.573. The van der Waals surface area contributed by atoms with Gasteiger partial charge in [-0.1, -0.05) is 54.2 Å². The number of fused-ring (bicyclic) bond motifs is 1. The van der Waals surface area contributed by atoms with Gasteiger partial charge < -0.3 is 23.5 Å². The van der Waals surface area contributed by atoms with E-state index in [2.05, 4.69) is 12.8 Å². The molecule has 61 heavy (non-hydrogen) atoms. The Morgan fingerprint density at radius 2 is 1.74 bits per heavy atom. The number of alkyl halides is 3. The molecule has 17 heteroatoms. The first kappa shape index (κ1) is 47.1. The molecule has 0 saturated carbocycles. The van der Waals surface area contributed by atoms with Crippen molar-refractivity contribution in [1.82, 2.24) is 4.90 Å². The highest BCUT2D eigenvalue weighted by molar-refractivity contribution is 6.53. The van der Waals surface area contributed by atoms with Gasteiger partial charge in [0, 0.05) is 23.8 Å². The molecule has 0 bridgehead atoms. The summed E-state index contributed by atoms with van der Waals surface area (Å²) in [6, 6.07) is 12.0. The van der Waals surface area contributed by atoms with Crippen LogP contribution in [0.1, 0.15) is 76.4 Å². The highest BCUT2D eigenvalue weighted by Gasteiger charge is 2.45. The van der Waals surface area contributed by atoms with Crippen LogP contribution in [-0.4, -0.2) is 83.9 Å². The van der Waals surface area contributed by atoms with Gasteiger partial charge in [-0.2, -0.15) is 0 Å². The van der Waals surface area contributed by atoms with Crippen LogP contribution < -0.4 is 19.4 Å². The molecule has 13 nitrogen and oxygen atoms in total. The number of benzene rings is 2. The Morgan fingerprint density at radius 1 is 1.05 bits per heavy atom. The van der Waals surface area contributed by atoms with E-state index in [1.54, 1.807) is 31.1 Å². The standard InChI is InChI=1S/C19H15FN2O4.C14H20ClNO2.C11H13Cl2NO3/c1-2-7-21-15-9-14(13(20)8-16(15)26-10-17(21)23)22-18(24)11-5-3-4-6-12(11)19(22)25;1-4-12-8-6-7-11(3)14(12)16(10-18-5-2)13(17)9-15;1-11(2)14(10(15)9(12)13)6-8(17-11)7-4-3-5-16-7/h1,8-9H,3-7,10H2;6-8H,4-5,9-10H2,1-3H3;3-5,8-9H,6H2,1-2H3. The van der Waals surface area contributed by atoms with Gasteiger partial charge in [-0.15, -0.1) is 18.0 Å². The van der Waals surface area contributed by atoms with E-state index in [0.29, 0.717) is 42.9 Å². The number of halogens is 4. The van der Waals surface area contributed by atoms with Gasteiger partial charge >= 0.3 is 0 Å². The zero-order chi connectivity index (χ0) is 44.6. The molecule has 1 saturated heterocycles. The average molecular weight is 902 g/mol. The van der Waals surface area contributed by atoms with Gasteiger partial charge in [0.15, 0.2) is 17.3 Å². The number of para-hydroxylation sites is 1. The number of terminal acetylenes is 1. The van der Waals surface area contributed by atoms with Crippen LogP contribution in [0.15, 0.2) is 64.3 Å². The molecule has 1 atom stereocenters. The lowest BCUT2D eigenvalue weighted by Gasteiger charge is -2.29. The number of rotatable bonds is 10. The largest absolute Gasteiger partial charge is 0.481 e. The summed E-state index contributed by atoms with van der Waals surface area (Å²) in [7, 11) is 0. The molecule has 326 valence electrons. The number of carbonyl (C=O) groups excluding carboxylic acids is 5. The van der Waals surface area contributed by atoms with Crippen LogP contribution in [0.25, 0.3) is 0 Å². The molecule has 1 fully saturated rings. The number of carbonyl (C=O) groups is 5. The Bertz CT molecular complexity index is 2180. The average Bonchev–Trinajstić information content (AvgIpc) is 3.96. The summed E-state index contributed by atoms with van der Waals surface area (Å²) in [5, 5.41) is 0. The maximum atomic E-state index is 14.7. The summed E-state index contributed by atoms with van der Waals surface area (Å²) < 4.78 is 36.4. The quantitative estimate of drug-likeness (QED) is 0.0865. The molecule has 4 aliphatic rings. The van der Waals surface area contributed by atoms with Crippen LogP contribution in [-0.2, 0) is 39.9 Å². The lowest BCUT2D eigenvalue weighted by atomic mass is 9.93. The van der Waals surface area contributed by atoms with Gasteiger partial charge in [-0.3, -0.25) is 33.8 Å². The predicted octanol–water partition coefficient (Wildman–Crippen LogP) is 7.77. The number of hydrogen-bond acceptors (Lipinski definition) is 9. The number of anilines is 3. The van der Waals surface area contributed by atoms with Crippen LogP contribution in [0.3, 0.4) is 0 Å². The van der Waals surface area contributed by atoms with Crippen LogP contribution in [0.2, 0.25) is 0 Å². The molecule has 3 aliphatic heterocycles. The van der Waals surface area contributed by atoms with E-state index in [1.807, 2.05) is 38.1 Å². The lowest BCUT2D eigenvalue weighted by molar-refractivity contribution is -0.144. The Morgan fingerprint density at radius 3 is 2.31 bits per heavy atom. The van der Waals surface area contributed by atoms with E-state index in [0.717, 1.165) is 47.0 Å². The molecule has 4 heterocycles. The van der Waals surface area contributed by atoms with Crippen LogP contribution in [0.4, 0.5) is 21.5 Å². The first-order valence-corrected chi connectivity index (χ1v) is 21.1. The van der Waals surface area contributed by atoms with Crippen molar-refractivity contribution in [2.24, 2.45) is 0 Å². The zero-order valence-electron chi connectivity index (χ0n) is 34.6. The van der Waals surface area contributed by atoms with Crippen molar-refractivity contribution in [1.29, 1.82) is 0 Å². The predicted molar refractivity (Wildman–Crippen MR) is 230 cm³/mol. The number of furan rings is 1. The third-order valence-electron chi connectivity index (χ3n) is 10.4. The zero-order valence-corrected chi connectivity index (χ0v) is 36.9. The van der Waals surface area contributed by atoms with Gasteiger partial charge in [0.1, 0.15) is 35.9 Å². The molecule has 0 N–H and O–H groups in total. The van der Waals surface area contributed by atoms with Crippen molar-refractivity contribution < 1.29 is 47.0 Å². The second-order valence-electron chi connectivity index (χ2n) is 14.7. The Hall–Kier alpha value is -4.91. The fraction of sp³-hybridized carbons (Fsp3) is 0.432. The topological polar surface area (TPSA) is 139 Å². The SMILES string of the molecule is C#CCN1C(=O)COc2cc(F)c(N3C(=O)C4=C(CCCC4)C3=O)cc21.CC1(C)OC(c2ccco2)CN1C(=O)C(Cl)Cl.CCOCN(C(=O)CCl)c1c(C)cccc1CC. The molecule has 1 unspecified atom stereocenters. The van der Waals surface area contributed by atoms with Crippen molar-refractivity contribution in [3.63, 3.8) is 0 Å². The number of nitrogens with zero attached hydrogens (tertiary/aromatic N) is 4. The first-order chi connectivity index (χ1) is 29.1. The molecule has 3 aromatic rings. The fourth-order valence-corrected chi connectivity index (χ4v) is 7.82. The van der Waals surface area contributed by atoms with Crippen LogP contribution >= 0.6 is 34.8 Å². The molecule has 1 aliphatic carbocycles. The molecule has 0 radical (unpaired) electrons. The Kier molecular flexibility index (Phi) is 16.1. The van der Waals surface area contributed by atoms with E-state index in [4.69, 9.17) is 59.9 Å². The van der Waals surface area contributed by atoms with Gasteiger partial charge in [0.25, 0.3) is 23.6 Å². The fourth-order valence-electron chi connectivity index (χ4n) is 7.44. The summed E-state index contributed by atoms with van der Waals surface area (Å²) in [6.45, 7) is 10.5. The van der Waals surface area contributed by atoms with E-state index in [-0.39, 0.29) is 66.7 Å². The minimum absolute atomic E-state index is 0.0170. The second-order valence-corrected chi connectivity index (χ2v) is 16.0. The Balaban J connectivity index is 0.000000179. The van der Waals surface area contributed by atoms with Crippen molar-refractivity contribution in [3.05, 3.63) is 82.6 Å². The summed E-state index contributed by atoms with van der Waals surface area (Å²) in [4.78, 5) is 65.4. The van der Waals surface area contributed by atoms with Crippen molar-refractivity contribution in [2.75, 3.05) is 53.6 Å². The third-order valence-corrected chi connectivity index (χ3v) is 11.0. The van der Waals surface area contributed by atoms with E-state index < -0.39 is 28.2 Å². The van der Waals surface area contributed by atoms with Gasteiger partial charge in [0.2, 0.25) is 5.91 Å². The number of hydrogen-bond donors (Lipinski definition) is 0. The summed E-state index contributed by atoms with van der Waals surface area (Å²) >= 11 is 16.9. The minimum atomic E-state index is -1.08. The second kappa shape index (κ2) is 20.8. The maximum Gasteiger partial charge on any atom is 0.265 e. The number of imide groups is 1. The highest BCUT2D eigenvalue weighted by Crippen LogP contribution is 2.42. The van der Waals surface area contributed by atoms with Gasteiger partial charge in [-0.25, -0.2) is 9.29 Å². The summed E-state index contributed by atoms with van der Waals surface area (Å²) in [5.41, 5.74) is 3.38. The number of aryl methyl sites for hydroxylation is 2. The van der Waals surface area contributed by atoms with E-state index in [9.17, 15) is 28.4 Å². The monoisotopic (exact) mass is 900 g/mol. The lowest BCUT2D eigenvalue weighted by Crippen LogP contribution is -2.45. The van der Waals surface area contributed by atoms with Crippen molar-refractivity contribution in [2.45, 2.75) is 83.4 Å². The van der Waals surface area contributed by atoms with E-state index >= 15 is 0 Å². The molecule has 5 amide bonds. The van der Waals surface area contributed by atoms with Crippen LogP contribution in [0, 0.1) is 25.1 Å². The van der Waals surface area contributed by atoms with E-state index in [1.165, 1.54) is 15.9 Å². The smallest absolute Gasteiger partial charge is 0.265 e. The summed E-state index contributed by atoms with van der Waals surface area (Å²) in [6.07, 6.45) is 10.2.